The number of aromatic nitrogens is 1. The number of nitrogens with two attached hydrogens (primary N) is 1. The van der Waals surface area contributed by atoms with E-state index in [1.807, 2.05) is 0 Å². The number of alkyl halides is 2. The van der Waals surface area contributed by atoms with Crippen LogP contribution in [0.1, 0.15) is 47.8 Å². The van der Waals surface area contributed by atoms with E-state index < -0.39 is 89.6 Å². The SMILES string of the molecule is NC(=O)c1cnc(N2C(=O)CCC2C(=O)N(c2cc(F)cc(F)c2)[C@H](C(=O)NC2CC(F)(F)C2)c2ccccc2Cl)o1. The van der Waals surface area contributed by atoms with Gasteiger partial charge < -0.3 is 15.5 Å². The molecular formula is C27H22ClF4N5O5. The Hall–Kier alpha value is -4.46. The molecule has 15 heteroatoms. The van der Waals surface area contributed by atoms with Crippen LogP contribution in [0, 0.1) is 11.6 Å². The average Bonchev–Trinajstić information content (AvgIpc) is 3.52. The summed E-state index contributed by atoms with van der Waals surface area (Å²) < 4.78 is 61.4. The predicted octanol–water partition coefficient (Wildman–Crippen LogP) is 3.89. The maximum Gasteiger partial charge on any atom is 0.305 e. The molecule has 2 atom stereocenters. The van der Waals surface area contributed by atoms with Crippen molar-refractivity contribution in [3.63, 3.8) is 0 Å². The Labute approximate surface area is 240 Å². The summed E-state index contributed by atoms with van der Waals surface area (Å²) in [4.78, 5) is 57.9. The lowest BCUT2D eigenvalue weighted by atomic mass is 9.87. The molecule has 1 aromatic heterocycles. The van der Waals surface area contributed by atoms with Gasteiger partial charge in [-0.25, -0.2) is 22.5 Å². The molecule has 3 aromatic rings. The van der Waals surface area contributed by atoms with Crippen LogP contribution in [-0.4, -0.2) is 46.6 Å². The van der Waals surface area contributed by atoms with E-state index in [-0.39, 0.29) is 23.4 Å². The number of hydrogen-bond acceptors (Lipinski definition) is 6. The van der Waals surface area contributed by atoms with Gasteiger partial charge in [-0.2, -0.15) is 0 Å². The number of carbonyl (C=O) groups excluding carboxylic acids is 4. The van der Waals surface area contributed by atoms with Crippen LogP contribution in [0.4, 0.5) is 29.3 Å². The van der Waals surface area contributed by atoms with E-state index in [1.165, 1.54) is 24.3 Å². The van der Waals surface area contributed by atoms with Crippen molar-refractivity contribution in [3.8, 4) is 0 Å². The minimum atomic E-state index is -2.98. The molecule has 3 N–H and O–H groups in total. The van der Waals surface area contributed by atoms with Crippen LogP contribution in [0.5, 0.6) is 0 Å². The quantitative estimate of drug-likeness (QED) is 0.373. The number of benzene rings is 2. The first kappa shape index (κ1) is 29.0. The summed E-state index contributed by atoms with van der Waals surface area (Å²) in [5, 5.41) is 2.46. The molecule has 1 aliphatic heterocycles. The number of oxazole rings is 1. The van der Waals surface area contributed by atoms with Gasteiger partial charge in [0.2, 0.25) is 17.6 Å². The smallest absolute Gasteiger partial charge is 0.305 e. The predicted molar refractivity (Wildman–Crippen MR) is 140 cm³/mol. The molecule has 220 valence electrons. The van der Waals surface area contributed by atoms with E-state index in [2.05, 4.69) is 10.3 Å². The van der Waals surface area contributed by atoms with Gasteiger partial charge in [0.25, 0.3) is 17.7 Å². The second-order valence-electron chi connectivity index (χ2n) is 9.92. The number of rotatable bonds is 8. The summed E-state index contributed by atoms with van der Waals surface area (Å²) in [5.41, 5.74) is 4.81. The minimum absolute atomic E-state index is 0.00980. The molecule has 0 spiro atoms. The molecule has 1 saturated heterocycles. The average molecular weight is 608 g/mol. The summed E-state index contributed by atoms with van der Waals surface area (Å²) in [7, 11) is 0. The van der Waals surface area contributed by atoms with Gasteiger partial charge in [0.1, 0.15) is 23.7 Å². The topological polar surface area (TPSA) is 139 Å². The summed E-state index contributed by atoms with van der Waals surface area (Å²) in [6.07, 6.45) is -0.650. The Bertz CT molecular complexity index is 1560. The van der Waals surface area contributed by atoms with Crippen molar-refractivity contribution in [3.05, 3.63) is 76.6 Å². The maximum absolute atomic E-state index is 14.5. The molecule has 1 saturated carbocycles. The summed E-state index contributed by atoms with van der Waals surface area (Å²) in [6, 6.07) is 3.47. The van der Waals surface area contributed by atoms with Crippen LogP contribution in [0.25, 0.3) is 0 Å². The van der Waals surface area contributed by atoms with E-state index in [0.29, 0.717) is 6.07 Å². The maximum atomic E-state index is 14.5. The third kappa shape index (κ3) is 5.66. The number of primary amides is 1. The van der Waals surface area contributed by atoms with Gasteiger partial charge in [0.15, 0.2) is 0 Å². The Morgan fingerprint density at radius 3 is 2.40 bits per heavy atom. The molecule has 2 aromatic carbocycles. The fourth-order valence-corrected chi connectivity index (χ4v) is 5.27. The van der Waals surface area contributed by atoms with Crippen molar-refractivity contribution in [2.24, 2.45) is 5.73 Å². The van der Waals surface area contributed by atoms with Crippen molar-refractivity contribution in [1.82, 2.24) is 10.3 Å². The van der Waals surface area contributed by atoms with Gasteiger partial charge in [-0.3, -0.25) is 29.0 Å². The summed E-state index contributed by atoms with van der Waals surface area (Å²) >= 11 is 6.41. The molecule has 2 aliphatic rings. The zero-order valence-corrected chi connectivity index (χ0v) is 22.3. The molecule has 1 aliphatic carbocycles. The number of halogens is 5. The van der Waals surface area contributed by atoms with Crippen molar-refractivity contribution in [2.45, 2.75) is 49.7 Å². The van der Waals surface area contributed by atoms with E-state index in [9.17, 15) is 36.7 Å². The van der Waals surface area contributed by atoms with Crippen molar-refractivity contribution >= 4 is 46.9 Å². The van der Waals surface area contributed by atoms with Gasteiger partial charge >= 0.3 is 6.01 Å². The zero-order chi connectivity index (χ0) is 30.3. The van der Waals surface area contributed by atoms with Gasteiger partial charge in [-0.15, -0.1) is 0 Å². The van der Waals surface area contributed by atoms with Crippen LogP contribution >= 0.6 is 11.6 Å². The first-order valence-electron chi connectivity index (χ1n) is 12.6. The molecule has 5 rings (SSSR count). The van der Waals surface area contributed by atoms with Crippen molar-refractivity contribution < 1.29 is 41.2 Å². The Kier molecular flexibility index (Phi) is 7.66. The van der Waals surface area contributed by atoms with E-state index in [4.69, 9.17) is 21.8 Å². The highest BCUT2D eigenvalue weighted by atomic mass is 35.5. The Balaban J connectivity index is 1.62. The molecule has 2 fully saturated rings. The normalized spacial score (nSPS) is 18.8. The fraction of sp³-hybridized carbons (Fsp3) is 0.296. The number of amides is 4. The van der Waals surface area contributed by atoms with Gasteiger partial charge in [0, 0.05) is 42.0 Å². The Morgan fingerprint density at radius 2 is 1.81 bits per heavy atom. The first-order chi connectivity index (χ1) is 19.8. The lowest BCUT2D eigenvalue weighted by Gasteiger charge is -2.39. The van der Waals surface area contributed by atoms with Gasteiger partial charge in [0.05, 0.1) is 11.9 Å². The second kappa shape index (κ2) is 11.1. The number of nitrogens with one attached hydrogen (secondary N) is 1. The van der Waals surface area contributed by atoms with Gasteiger partial charge in [-0.1, -0.05) is 29.8 Å². The van der Waals surface area contributed by atoms with Gasteiger partial charge in [-0.05, 0) is 24.6 Å². The summed E-state index contributed by atoms with van der Waals surface area (Å²) in [6.45, 7) is 0. The second-order valence-corrected chi connectivity index (χ2v) is 10.3. The third-order valence-electron chi connectivity index (χ3n) is 6.95. The summed E-state index contributed by atoms with van der Waals surface area (Å²) in [5.74, 6) is -9.12. The van der Waals surface area contributed by atoms with E-state index >= 15 is 0 Å². The highest BCUT2D eigenvalue weighted by Gasteiger charge is 2.49. The van der Waals surface area contributed by atoms with Crippen molar-refractivity contribution in [1.29, 1.82) is 0 Å². The molecule has 42 heavy (non-hydrogen) atoms. The van der Waals surface area contributed by atoms with E-state index in [0.717, 1.165) is 28.1 Å². The van der Waals surface area contributed by atoms with Crippen LogP contribution in [0.15, 0.2) is 53.1 Å². The largest absolute Gasteiger partial charge is 0.418 e. The molecular weight excluding hydrogens is 586 g/mol. The molecule has 0 bridgehead atoms. The zero-order valence-electron chi connectivity index (χ0n) is 21.5. The minimum Gasteiger partial charge on any atom is -0.418 e. The standard InChI is InChI=1S/C27H22ClF4N5O5/c28-18-4-2-1-3-17(18)22(24(40)35-15-10-27(31,32)11-15)36(16-8-13(29)7-14(30)9-16)25(41)19-5-6-21(38)37(19)26-34-12-20(42-26)23(33)39/h1-4,7-9,12,15,19,22H,5-6,10-11H2,(H2,33,39)(H,35,40)/t19?,22-/m0/s1. The van der Waals surface area contributed by atoms with Crippen LogP contribution in [-0.2, 0) is 14.4 Å². The van der Waals surface area contributed by atoms with Crippen LogP contribution in [0.2, 0.25) is 5.02 Å². The molecule has 2 heterocycles. The third-order valence-corrected chi connectivity index (χ3v) is 7.29. The fourth-order valence-electron chi connectivity index (χ4n) is 5.03. The lowest BCUT2D eigenvalue weighted by Crippen LogP contribution is -2.56. The van der Waals surface area contributed by atoms with Crippen LogP contribution < -0.4 is 20.9 Å². The molecule has 1 unspecified atom stereocenters. The number of hydrogen-bond donors (Lipinski definition) is 2. The molecule has 4 amide bonds. The highest BCUT2D eigenvalue weighted by Crippen LogP contribution is 2.40. The number of carbonyl (C=O) groups is 4. The highest BCUT2D eigenvalue weighted by molar-refractivity contribution is 6.31. The Morgan fingerprint density at radius 1 is 1.14 bits per heavy atom. The monoisotopic (exact) mass is 607 g/mol. The molecule has 10 nitrogen and oxygen atoms in total. The van der Waals surface area contributed by atoms with Crippen molar-refractivity contribution in [2.75, 3.05) is 9.80 Å². The van der Waals surface area contributed by atoms with Crippen LogP contribution in [0.3, 0.4) is 0 Å². The lowest BCUT2D eigenvalue weighted by molar-refractivity contribution is -0.133. The number of nitrogens with zero attached hydrogens (tertiary/aromatic N) is 3. The molecule has 0 radical (unpaired) electrons. The first-order valence-corrected chi connectivity index (χ1v) is 13.0. The number of anilines is 2. The van der Waals surface area contributed by atoms with E-state index in [1.54, 1.807) is 0 Å².